The number of hydrogen-bond donors (Lipinski definition) is 0. The SMILES string of the molecule is C=C(O/C(C)=N\C)c1cc(C)ccc1C(=O)N(CC)C(C)COc1ccc(OC(F)(F)F)cn1. The smallest absolute Gasteiger partial charge is 0.475 e. The van der Waals surface area contributed by atoms with Gasteiger partial charge in [-0.15, -0.1) is 13.2 Å². The monoisotopic (exact) mass is 479 g/mol. The van der Waals surface area contributed by atoms with Gasteiger partial charge in [0.25, 0.3) is 5.91 Å². The van der Waals surface area contributed by atoms with E-state index in [1.807, 2.05) is 26.0 Å². The summed E-state index contributed by atoms with van der Waals surface area (Å²) in [6.45, 7) is 11.6. The van der Waals surface area contributed by atoms with Crippen LogP contribution in [0.2, 0.25) is 0 Å². The molecule has 0 aliphatic rings. The van der Waals surface area contributed by atoms with Gasteiger partial charge in [0.1, 0.15) is 18.1 Å². The van der Waals surface area contributed by atoms with Gasteiger partial charge in [0.05, 0.1) is 17.8 Å². The molecule has 0 spiro atoms. The highest BCUT2D eigenvalue weighted by Crippen LogP contribution is 2.25. The summed E-state index contributed by atoms with van der Waals surface area (Å²) < 4.78 is 51.8. The predicted molar refractivity (Wildman–Crippen MR) is 123 cm³/mol. The van der Waals surface area contributed by atoms with Gasteiger partial charge < -0.3 is 19.1 Å². The number of carbonyl (C=O) groups excluding carboxylic acids is 1. The third-order valence-corrected chi connectivity index (χ3v) is 4.84. The number of aromatic nitrogens is 1. The first-order valence-corrected chi connectivity index (χ1v) is 10.5. The van der Waals surface area contributed by atoms with Crippen LogP contribution in [-0.2, 0) is 4.74 Å². The van der Waals surface area contributed by atoms with Gasteiger partial charge in [-0.25, -0.2) is 4.98 Å². The number of amides is 1. The van der Waals surface area contributed by atoms with E-state index in [9.17, 15) is 18.0 Å². The van der Waals surface area contributed by atoms with E-state index in [-0.39, 0.29) is 24.4 Å². The molecule has 34 heavy (non-hydrogen) atoms. The zero-order chi connectivity index (χ0) is 25.5. The van der Waals surface area contributed by atoms with E-state index in [0.717, 1.165) is 17.8 Å². The van der Waals surface area contributed by atoms with E-state index >= 15 is 0 Å². The molecule has 0 aliphatic heterocycles. The quantitative estimate of drug-likeness (QED) is 0.279. The summed E-state index contributed by atoms with van der Waals surface area (Å²) in [5.74, 6) is 0.137. The molecule has 0 bridgehead atoms. The number of aliphatic imine (C=N–C) groups is 1. The molecule has 0 saturated carbocycles. The number of ether oxygens (including phenoxy) is 3. The molecule has 1 heterocycles. The second kappa shape index (κ2) is 11.5. The van der Waals surface area contributed by atoms with Crippen LogP contribution >= 0.6 is 0 Å². The van der Waals surface area contributed by atoms with Crippen molar-refractivity contribution in [1.29, 1.82) is 0 Å². The Bertz CT molecular complexity index is 1040. The van der Waals surface area contributed by atoms with Crippen LogP contribution < -0.4 is 9.47 Å². The minimum Gasteiger partial charge on any atom is -0.475 e. The van der Waals surface area contributed by atoms with Crippen molar-refractivity contribution in [2.24, 2.45) is 4.99 Å². The molecule has 2 aromatic rings. The lowest BCUT2D eigenvalue weighted by Crippen LogP contribution is -2.42. The first-order chi connectivity index (χ1) is 15.9. The molecule has 1 unspecified atom stereocenters. The number of hydrogen-bond acceptors (Lipinski definition) is 6. The second-order valence-electron chi connectivity index (χ2n) is 7.45. The van der Waals surface area contributed by atoms with Gasteiger partial charge in [0, 0.05) is 32.1 Å². The summed E-state index contributed by atoms with van der Waals surface area (Å²) in [4.78, 5) is 22.8. The summed E-state index contributed by atoms with van der Waals surface area (Å²) in [6, 6.07) is 7.37. The molecule has 0 N–H and O–H groups in total. The number of alkyl halides is 3. The third kappa shape index (κ3) is 7.50. The van der Waals surface area contributed by atoms with Crippen molar-refractivity contribution >= 4 is 17.6 Å². The zero-order valence-electron chi connectivity index (χ0n) is 19.8. The lowest BCUT2D eigenvalue weighted by atomic mass is 10.0. The topological polar surface area (TPSA) is 73.2 Å². The molecule has 0 saturated heterocycles. The lowest BCUT2D eigenvalue weighted by molar-refractivity contribution is -0.274. The molecule has 1 atom stereocenters. The van der Waals surface area contributed by atoms with E-state index in [2.05, 4.69) is 21.3 Å². The highest BCUT2D eigenvalue weighted by molar-refractivity contribution is 5.99. The summed E-state index contributed by atoms with van der Waals surface area (Å²) >= 11 is 0. The highest BCUT2D eigenvalue weighted by atomic mass is 19.4. The van der Waals surface area contributed by atoms with E-state index < -0.39 is 12.1 Å². The van der Waals surface area contributed by atoms with Crippen molar-refractivity contribution < 1.29 is 32.2 Å². The zero-order valence-corrected chi connectivity index (χ0v) is 19.8. The van der Waals surface area contributed by atoms with Crippen molar-refractivity contribution in [3.05, 3.63) is 59.8 Å². The molecule has 2 rings (SSSR count). The van der Waals surface area contributed by atoms with Gasteiger partial charge in [-0.05, 0) is 39.0 Å². The van der Waals surface area contributed by atoms with Crippen LogP contribution in [0.4, 0.5) is 13.2 Å². The van der Waals surface area contributed by atoms with Crippen molar-refractivity contribution in [1.82, 2.24) is 9.88 Å². The Morgan fingerprint density at radius 1 is 1.24 bits per heavy atom. The van der Waals surface area contributed by atoms with Crippen molar-refractivity contribution in [3.8, 4) is 11.6 Å². The largest absolute Gasteiger partial charge is 0.573 e. The van der Waals surface area contributed by atoms with E-state index in [0.29, 0.717) is 29.3 Å². The lowest BCUT2D eigenvalue weighted by Gasteiger charge is -2.29. The number of aryl methyl sites for hydroxylation is 1. The Morgan fingerprint density at radius 3 is 2.50 bits per heavy atom. The molecule has 7 nitrogen and oxygen atoms in total. The first kappa shape index (κ1) is 26.7. The molecular weight excluding hydrogens is 451 g/mol. The van der Waals surface area contributed by atoms with Crippen molar-refractivity contribution in [2.45, 2.75) is 40.1 Å². The van der Waals surface area contributed by atoms with Gasteiger partial charge in [-0.2, -0.15) is 0 Å². The molecule has 1 aromatic heterocycles. The Labute approximate surface area is 196 Å². The number of rotatable bonds is 9. The minimum atomic E-state index is -4.80. The third-order valence-electron chi connectivity index (χ3n) is 4.84. The van der Waals surface area contributed by atoms with Crippen LogP contribution in [0.1, 0.15) is 42.3 Å². The normalized spacial score (nSPS) is 12.6. The Balaban J connectivity index is 2.14. The van der Waals surface area contributed by atoms with Gasteiger partial charge in [-0.1, -0.05) is 18.2 Å². The van der Waals surface area contributed by atoms with Crippen molar-refractivity contribution in [3.63, 3.8) is 0 Å². The standard InChI is InChI=1S/C24H28F3N3O4/c1-7-30(16(3)14-32-22-11-9-19(13-29-22)34-24(25,26)27)23(31)20-10-8-15(2)12-21(20)17(4)33-18(5)28-6/h8-13,16H,4,7,14H2,1-3,5-6H3/b28-18-. The number of carbonyl (C=O) groups is 1. The van der Waals surface area contributed by atoms with Crippen LogP contribution in [0.25, 0.3) is 5.76 Å². The molecule has 1 aromatic carbocycles. The highest BCUT2D eigenvalue weighted by Gasteiger charge is 2.31. The number of pyridine rings is 1. The van der Waals surface area contributed by atoms with Crippen LogP contribution in [0.15, 0.2) is 48.1 Å². The van der Waals surface area contributed by atoms with Gasteiger partial charge >= 0.3 is 6.36 Å². The molecule has 0 radical (unpaired) electrons. The number of likely N-dealkylation sites (N-methyl/N-ethyl adjacent to an activating group) is 1. The first-order valence-electron chi connectivity index (χ1n) is 10.5. The minimum absolute atomic E-state index is 0.0757. The molecule has 184 valence electrons. The summed E-state index contributed by atoms with van der Waals surface area (Å²) in [5, 5.41) is 0. The Kier molecular flexibility index (Phi) is 9.05. The fourth-order valence-electron chi connectivity index (χ4n) is 3.11. The summed E-state index contributed by atoms with van der Waals surface area (Å²) in [6.07, 6.45) is -3.88. The van der Waals surface area contributed by atoms with Crippen LogP contribution in [0, 0.1) is 6.92 Å². The van der Waals surface area contributed by atoms with Gasteiger partial charge in [-0.3, -0.25) is 9.79 Å². The molecule has 10 heteroatoms. The Hall–Kier alpha value is -3.56. The summed E-state index contributed by atoms with van der Waals surface area (Å²) in [7, 11) is 1.59. The predicted octanol–water partition coefficient (Wildman–Crippen LogP) is 5.25. The average Bonchev–Trinajstić information content (AvgIpc) is 2.77. The fourth-order valence-corrected chi connectivity index (χ4v) is 3.11. The van der Waals surface area contributed by atoms with Gasteiger partial charge in [0.2, 0.25) is 5.88 Å². The maximum absolute atomic E-state index is 13.4. The van der Waals surface area contributed by atoms with Crippen LogP contribution in [0.3, 0.4) is 0 Å². The molecular formula is C24H28F3N3O4. The summed E-state index contributed by atoms with van der Waals surface area (Å²) in [5.41, 5.74) is 1.91. The van der Waals surface area contributed by atoms with Crippen LogP contribution in [0.5, 0.6) is 11.6 Å². The maximum Gasteiger partial charge on any atom is 0.573 e. The molecule has 0 fully saturated rings. The fraction of sp³-hybridized carbons (Fsp3) is 0.375. The maximum atomic E-state index is 13.4. The average molecular weight is 479 g/mol. The Morgan fingerprint density at radius 2 is 1.94 bits per heavy atom. The van der Waals surface area contributed by atoms with E-state index in [4.69, 9.17) is 9.47 Å². The van der Waals surface area contributed by atoms with E-state index in [1.165, 1.54) is 6.07 Å². The van der Waals surface area contributed by atoms with Crippen LogP contribution in [-0.4, -0.2) is 54.3 Å². The number of nitrogens with zero attached hydrogens (tertiary/aromatic N) is 3. The molecule has 0 aliphatic carbocycles. The van der Waals surface area contributed by atoms with Gasteiger partial charge in [0.15, 0.2) is 5.90 Å². The number of benzene rings is 1. The molecule has 1 amide bonds. The van der Waals surface area contributed by atoms with Crippen molar-refractivity contribution in [2.75, 3.05) is 20.2 Å². The second-order valence-corrected chi connectivity index (χ2v) is 7.45. The van der Waals surface area contributed by atoms with E-state index in [1.54, 1.807) is 31.9 Å². The number of halogens is 3.